The first kappa shape index (κ1) is 31.6. The highest BCUT2D eigenvalue weighted by Crippen LogP contribution is 2.50. The smallest absolute Gasteiger partial charge is 0.131 e. The summed E-state index contributed by atoms with van der Waals surface area (Å²) in [6, 6.07) is 24.7. The molecule has 0 aliphatic heterocycles. The fraction of sp³-hybridized carbons (Fsp3) is 0.111. The molecule has 6 rings (SSSR count). The van der Waals surface area contributed by atoms with Crippen LogP contribution in [-0.2, 0) is 0 Å². The average molecular weight is 703 g/mol. The third-order valence-electron chi connectivity index (χ3n) is 7.55. The quantitative estimate of drug-likeness (QED) is 0.155. The lowest BCUT2D eigenvalue weighted by molar-refractivity contribution is 1.41. The van der Waals surface area contributed by atoms with E-state index in [1.54, 1.807) is 57.5 Å². The predicted octanol–water partition coefficient (Wildman–Crippen LogP) is 12.5. The number of allylic oxidation sites excluding steroid dienone is 2. The van der Waals surface area contributed by atoms with Crippen molar-refractivity contribution in [2.45, 2.75) is 27.7 Å². The molecule has 6 heterocycles. The van der Waals surface area contributed by atoms with Crippen molar-refractivity contribution >= 4 is 80.2 Å². The Balaban J connectivity index is 1.26. The van der Waals surface area contributed by atoms with Crippen molar-refractivity contribution < 1.29 is 0 Å². The van der Waals surface area contributed by atoms with Crippen molar-refractivity contribution in [3.8, 4) is 73.0 Å². The lowest BCUT2D eigenvalue weighted by Gasteiger charge is -1.97. The zero-order chi connectivity index (χ0) is 32.5. The number of rotatable bonds is 7. The Morgan fingerprint density at radius 2 is 0.696 bits per heavy atom. The molecule has 0 N–H and O–H groups in total. The molecular formula is C36H22N4S6. The van der Waals surface area contributed by atoms with Crippen molar-refractivity contribution in [2.75, 3.05) is 0 Å². The van der Waals surface area contributed by atoms with E-state index in [1.165, 1.54) is 61.3 Å². The minimum absolute atomic E-state index is 0.110. The van der Waals surface area contributed by atoms with Crippen LogP contribution in [0.2, 0.25) is 0 Å². The highest BCUT2D eigenvalue weighted by atomic mass is 32.1. The zero-order valence-electron chi connectivity index (χ0n) is 25.0. The Hall–Kier alpha value is -4.36. The maximum absolute atomic E-state index is 9.12. The van der Waals surface area contributed by atoms with Gasteiger partial charge in [0.25, 0.3) is 0 Å². The van der Waals surface area contributed by atoms with Crippen LogP contribution < -0.4 is 0 Å². The van der Waals surface area contributed by atoms with Crippen LogP contribution in [0.25, 0.3) is 60.9 Å². The predicted molar refractivity (Wildman–Crippen MR) is 198 cm³/mol. The summed E-state index contributed by atoms with van der Waals surface area (Å²) in [7, 11) is 0. The van der Waals surface area contributed by atoms with Gasteiger partial charge in [-0.3, -0.25) is 0 Å². The molecule has 0 aliphatic carbocycles. The number of hydrogen-bond acceptors (Lipinski definition) is 10. The third kappa shape index (κ3) is 5.96. The van der Waals surface area contributed by atoms with Crippen molar-refractivity contribution in [3.05, 3.63) is 91.7 Å². The minimum Gasteiger partial charge on any atom is -0.192 e. The second kappa shape index (κ2) is 13.2. The molecule has 0 aromatic carbocycles. The van der Waals surface area contributed by atoms with Crippen molar-refractivity contribution in [2.24, 2.45) is 0 Å². The molecule has 0 radical (unpaired) electrons. The molecular weight excluding hydrogens is 681 g/mol. The van der Waals surface area contributed by atoms with E-state index < -0.39 is 0 Å². The minimum atomic E-state index is 0.110. The highest BCUT2D eigenvalue weighted by molar-refractivity contribution is 7.30. The summed E-state index contributed by atoms with van der Waals surface area (Å²) in [6.45, 7) is 8.70. The number of thiophene rings is 6. The molecule has 0 aliphatic rings. The molecule has 0 saturated carbocycles. The Labute approximate surface area is 291 Å². The van der Waals surface area contributed by atoms with Crippen LogP contribution in [0.4, 0.5) is 0 Å². The first-order chi connectivity index (χ1) is 22.2. The summed E-state index contributed by atoms with van der Waals surface area (Å²) in [5.41, 5.74) is 5.30. The van der Waals surface area contributed by atoms with Gasteiger partial charge >= 0.3 is 0 Å². The molecule has 6 aromatic heterocycles. The SMILES string of the molecule is Cc1c(-c2ccc(C=C(C#N)C#N)s2)sc(-c2ccc(-c3ccc(-c4sc(-c5ccc(C=C(C#N)C#N)s5)c(C)c4C)s3)s2)c1C. The van der Waals surface area contributed by atoms with Crippen LogP contribution in [0, 0.1) is 73.0 Å². The first-order valence-electron chi connectivity index (χ1n) is 13.9. The molecule has 4 nitrogen and oxygen atoms in total. The molecule has 46 heavy (non-hydrogen) atoms. The van der Waals surface area contributed by atoms with E-state index in [0.717, 1.165) is 19.5 Å². The summed E-state index contributed by atoms with van der Waals surface area (Å²) in [5.74, 6) is 0. The van der Waals surface area contributed by atoms with Gasteiger partial charge in [-0.1, -0.05) is 0 Å². The Bertz CT molecular complexity index is 2170. The second-order valence-electron chi connectivity index (χ2n) is 10.3. The van der Waals surface area contributed by atoms with Gasteiger partial charge in [-0.25, -0.2) is 0 Å². The van der Waals surface area contributed by atoms with Crippen LogP contribution in [0.3, 0.4) is 0 Å². The van der Waals surface area contributed by atoms with E-state index in [9.17, 15) is 0 Å². The van der Waals surface area contributed by atoms with Gasteiger partial charge in [0.15, 0.2) is 0 Å². The van der Waals surface area contributed by atoms with Gasteiger partial charge in [-0.2, -0.15) is 21.0 Å². The Kier molecular flexibility index (Phi) is 9.05. The molecule has 0 bridgehead atoms. The van der Waals surface area contributed by atoms with Gasteiger partial charge in [-0.05, 0) is 111 Å². The van der Waals surface area contributed by atoms with Gasteiger partial charge in [0.05, 0.1) is 0 Å². The van der Waals surface area contributed by atoms with Gasteiger partial charge in [0.2, 0.25) is 0 Å². The lowest BCUT2D eigenvalue weighted by Crippen LogP contribution is -1.75. The molecule has 10 heteroatoms. The summed E-state index contributed by atoms with van der Waals surface area (Å²) in [4.78, 5) is 14.1. The van der Waals surface area contributed by atoms with Crippen molar-refractivity contribution in [1.29, 1.82) is 21.0 Å². The van der Waals surface area contributed by atoms with Gasteiger partial charge in [0, 0.05) is 58.5 Å². The molecule has 0 saturated heterocycles. The summed E-state index contributed by atoms with van der Waals surface area (Å²) < 4.78 is 0. The summed E-state index contributed by atoms with van der Waals surface area (Å²) in [6.07, 6.45) is 3.29. The lowest BCUT2D eigenvalue weighted by atomic mass is 10.1. The zero-order valence-corrected chi connectivity index (χ0v) is 29.9. The summed E-state index contributed by atoms with van der Waals surface area (Å²) in [5, 5.41) is 36.5. The topological polar surface area (TPSA) is 95.2 Å². The molecule has 0 unspecified atom stereocenters. The standard InChI is InChI=1S/C36H22N4S6/c1-19-21(3)35(45-33(19)29-7-5-25(41-29)13-23(15-37)16-38)31-11-9-27(43-31)28-10-12-32(44-28)36-22(4)20(2)34(46-36)30-8-6-26(42-30)14-24(17-39)18-40/h5-14H,1-4H3. The Morgan fingerprint density at radius 1 is 0.413 bits per heavy atom. The normalized spacial score (nSPS) is 10.5. The van der Waals surface area contributed by atoms with E-state index in [-0.39, 0.29) is 11.1 Å². The van der Waals surface area contributed by atoms with Crippen molar-refractivity contribution in [3.63, 3.8) is 0 Å². The maximum atomic E-state index is 9.12. The number of hydrogen-bond donors (Lipinski definition) is 0. The molecule has 0 amide bonds. The maximum Gasteiger partial charge on any atom is 0.131 e. The fourth-order valence-electron chi connectivity index (χ4n) is 4.89. The second-order valence-corrected chi connectivity index (χ2v) is 16.8. The van der Waals surface area contributed by atoms with Crippen LogP contribution in [0.5, 0.6) is 0 Å². The van der Waals surface area contributed by atoms with E-state index in [1.807, 2.05) is 59.1 Å². The monoisotopic (exact) mass is 702 g/mol. The van der Waals surface area contributed by atoms with Gasteiger partial charge < -0.3 is 0 Å². The van der Waals surface area contributed by atoms with Gasteiger partial charge in [0.1, 0.15) is 35.4 Å². The van der Waals surface area contributed by atoms with E-state index in [2.05, 4.69) is 64.1 Å². The number of nitriles is 4. The van der Waals surface area contributed by atoms with E-state index >= 15 is 0 Å². The van der Waals surface area contributed by atoms with Crippen LogP contribution >= 0.6 is 68.0 Å². The Morgan fingerprint density at radius 3 is 1.02 bits per heavy atom. The highest BCUT2D eigenvalue weighted by Gasteiger charge is 2.20. The molecule has 0 atom stereocenters. The van der Waals surface area contributed by atoms with E-state index in [4.69, 9.17) is 21.0 Å². The average Bonchev–Trinajstić information content (AvgIpc) is 3.91. The fourth-order valence-corrected chi connectivity index (χ4v) is 12.2. The summed E-state index contributed by atoms with van der Waals surface area (Å²) >= 11 is 10.4. The van der Waals surface area contributed by atoms with Crippen LogP contribution in [-0.4, -0.2) is 0 Å². The molecule has 0 spiro atoms. The largest absolute Gasteiger partial charge is 0.192 e. The van der Waals surface area contributed by atoms with Gasteiger partial charge in [-0.15, -0.1) is 68.0 Å². The molecule has 0 fully saturated rings. The van der Waals surface area contributed by atoms with Crippen molar-refractivity contribution in [1.82, 2.24) is 0 Å². The van der Waals surface area contributed by atoms with Crippen LogP contribution in [0.15, 0.2) is 59.7 Å². The van der Waals surface area contributed by atoms with Crippen LogP contribution in [0.1, 0.15) is 32.0 Å². The molecule has 222 valence electrons. The number of nitrogens with zero attached hydrogens (tertiary/aromatic N) is 4. The molecule has 6 aromatic rings. The van der Waals surface area contributed by atoms with E-state index in [0.29, 0.717) is 0 Å². The first-order valence-corrected chi connectivity index (χ1v) is 18.8. The third-order valence-corrected chi connectivity index (χ3v) is 15.5.